The van der Waals surface area contributed by atoms with Crippen LogP contribution in [0.2, 0.25) is 0 Å². The summed E-state index contributed by atoms with van der Waals surface area (Å²) in [5.41, 5.74) is 3.62. The number of nitrogens with zero attached hydrogens (tertiary/aromatic N) is 2. The molecule has 0 bridgehead atoms. The van der Waals surface area contributed by atoms with E-state index in [1.54, 1.807) is 0 Å². The van der Waals surface area contributed by atoms with E-state index >= 15 is 0 Å². The Morgan fingerprint density at radius 3 is 2.95 bits per heavy atom. The normalized spacial score (nSPS) is 14.5. The first kappa shape index (κ1) is 12.2. The minimum atomic E-state index is -0.351. The summed E-state index contributed by atoms with van der Waals surface area (Å²) in [7, 11) is 1.38. The molecule has 1 saturated carbocycles. The monoisotopic (exact) mass is 281 g/mol. The highest BCUT2D eigenvalue weighted by Gasteiger charge is 2.26. The van der Waals surface area contributed by atoms with Crippen LogP contribution < -0.4 is 0 Å². The molecule has 0 amide bonds. The fraction of sp³-hybridized carbons (Fsp3) is 0.250. The number of methoxy groups -OCH3 is 1. The first-order chi connectivity index (χ1) is 10.3. The third-order valence-electron chi connectivity index (χ3n) is 3.89. The molecule has 1 aliphatic rings. The Labute approximate surface area is 121 Å². The summed E-state index contributed by atoms with van der Waals surface area (Å²) in [5, 5.41) is 5.41. The molecule has 4 rings (SSSR count). The van der Waals surface area contributed by atoms with Gasteiger partial charge >= 0.3 is 5.97 Å². The van der Waals surface area contributed by atoms with E-state index < -0.39 is 0 Å². The first-order valence-electron chi connectivity index (χ1n) is 7.01. The van der Waals surface area contributed by atoms with Gasteiger partial charge in [-0.1, -0.05) is 12.1 Å². The molecule has 3 aromatic rings. The van der Waals surface area contributed by atoms with Crippen molar-refractivity contribution in [2.45, 2.75) is 18.9 Å². The van der Waals surface area contributed by atoms with Crippen molar-refractivity contribution in [3.63, 3.8) is 0 Å². The van der Waals surface area contributed by atoms with E-state index in [0.717, 1.165) is 22.2 Å². The van der Waals surface area contributed by atoms with Crippen molar-refractivity contribution in [2.24, 2.45) is 0 Å². The van der Waals surface area contributed by atoms with Crippen LogP contribution in [-0.4, -0.2) is 27.8 Å². The fourth-order valence-corrected chi connectivity index (χ4v) is 2.66. The molecule has 0 saturated heterocycles. The summed E-state index contributed by atoms with van der Waals surface area (Å²) in [6, 6.07) is 10.5. The van der Waals surface area contributed by atoms with Gasteiger partial charge in [0, 0.05) is 22.7 Å². The number of esters is 1. The molecule has 0 radical (unpaired) electrons. The summed E-state index contributed by atoms with van der Waals surface area (Å²) in [4.78, 5) is 14.7. The number of benzene rings is 1. The zero-order valence-electron chi connectivity index (χ0n) is 11.7. The predicted octanol–water partition coefficient (Wildman–Crippen LogP) is 3.15. The van der Waals surface area contributed by atoms with Gasteiger partial charge in [0.25, 0.3) is 0 Å². The van der Waals surface area contributed by atoms with Crippen molar-refractivity contribution in [3.8, 4) is 11.3 Å². The number of carbonyl (C=O) groups is 1. The molecule has 1 aromatic carbocycles. The molecular weight excluding hydrogens is 266 g/mol. The number of carbonyl (C=O) groups excluding carboxylic acids is 1. The van der Waals surface area contributed by atoms with Crippen molar-refractivity contribution in [3.05, 3.63) is 42.2 Å². The van der Waals surface area contributed by atoms with E-state index in [4.69, 9.17) is 4.74 Å². The van der Waals surface area contributed by atoms with Crippen LogP contribution in [0.5, 0.6) is 0 Å². The topological polar surface area (TPSA) is 59.9 Å². The molecule has 2 aromatic heterocycles. The van der Waals surface area contributed by atoms with Gasteiger partial charge in [-0.25, -0.2) is 4.79 Å². The fourth-order valence-electron chi connectivity index (χ4n) is 2.66. The van der Waals surface area contributed by atoms with Gasteiger partial charge in [-0.3, -0.25) is 4.68 Å². The largest absolute Gasteiger partial charge is 0.464 e. The van der Waals surface area contributed by atoms with Crippen molar-refractivity contribution < 1.29 is 9.53 Å². The lowest BCUT2D eigenvalue weighted by molar-refractivity contribution is 0.0595. The Hall–Kier alpha value is -2.56. The molecule has 5 heteroatoms. The molecule has 1 aliphatic carbocycles. The smallest absolute Gasteiger partial charge is 0.354 e. The second-order valence-corrected chi connectivity index (χ2v) is 5.37. The van der Waals surface area contributed by atoms with Gasteiger partial charge in [0.1, 0.15) is 5.69 Å². The molecule has 1 fully saturated rings. The number of hydrogen-bond acceptors (Lipinski definition) is 3. The molecule has 5 nitrogen and oxygen atoms in total. The van der Waals surface area contributed by atoms with Crippen LogP contribution in [0.3, 0.4) is 0 Å². The Kier molecular flexibility index (Phi) is 2.60. The maximum Gasteiger partial charge on any atom is 0.354 e. The van der Waals surface area contributed by atoms with E-state index in [2.05, 4.69) is 26.9 Å². The molecule has 2 heterocycles. The Morgan fingerprint density at radius 1 is 1.33 bits per heavy atom. The number of nitrogens with one attached hydrogen (secondary N) is 1. The number of hydrogen-bond donors (Lipinski definition) is 1. The van der Waals surface area contributed by atoms with Gasteiger partial charge < -0.3 is 9.72 Å². The zero-order chi connectivity index (χ0) is 14.4. The SMILES string of the molecule is COC(=O)c1cc2ccc(-c3ccnn3C3CC3)cc2[nH]1. The molecule has 0 aliphatic heterocycles. The van der Waals surface area contributed by atoms with E-state index in [1.165, 1.54) is 20.0 Å². The highest BCUT2D eigenvalue weighted by Crippen LogP contribution is 2.38. The number of aromatic amines is 1. The van der Waals surface area contributed by atoms with Crippen LogP contribution in [0.15, 0.2) is 36.5 Å². The quantitative estimate of drug-likeness (QED) is 0.750. The van der Waals surface area contributed by atoms with Crippen LogP contribution in [0.4, 0.5) is 0 Å². The average molecular weight is 281 g/mol. The molecule has 0 unspecified atom stereocenters. The summed E-state index contributed by atoms with van der Waals surface area (Å²) in [6.07, 6.45) is 4.24. The standard InChI is InChI=1S/C16H15N3O2/c1-21-16(20)14-8-10-2-3-11(9-13(10)18-14)15-6-7-17-19(15)12-4-5-12/h2-3,6-9,12,18H,4-5H2,1H3. The summed E-state index contributed by atoms with van der Waals surface area (Å²) >= 11 is 0. The third-order valence-corrected chi connectivity index (χ3v) is 3.89. The van der Waals surface area contributed by atoms with Gasteiger partial charge in [0.2, 0.25) is 0 Å². The Bertz CT molecular complexity index is 827. The second kappa shape index (κ2) is 4.48. The van der Waals surface area contributed by atoms with Crippen molar-refractivity contribution in [2.75, 3.05) is 7.11 Å². The minimum Gasteiger partial charge on any atom is -0.464 e. The van der Waals surface area contributed by atoms with Gasteiger partial charge in [0.15, 0.2) is 0 Å². The van der Waals surface area contributed by atoms with Crippen LogP contribution in [0, 0.1) is 0 Å². The van der Waals surface area contributed by atoms with Gasteiger partial charge in [-0.2, -0.15) is 5.10 Å². The summed E-state index contributed by atoms with van der Waals surface area (Å²) in [6.45, 7) is 0. The number of ether oxygens (including phenoxy) is 1. The molecule has 21 heavy (non-hydrogen) atoms. The maximum absolute atomic E-state index is 11.6. The number of fused-ring (bicyclic) bond motifs is 1. The molecule has 0 spiro atoms. The van der Waals surface area contributed by atoms with Gasteiger partial charge in [0.05, 0.1) is 18.8 Å². The molecular formula is C16H15N3O2. The van der Waals surface area contributed by atoms with Crippen LogP contribution in [0.1, 0.15) is 29.4 Å². The summed E-state index contributed by atoms with van der Waals surface area (Å²) < 4.78 is 6.83. The number of H-pyrrole nitrogens is 1. The predicted molar refractivity (Wildman–Crippen MR) is 79.1 cm³/mol. The average Bonchev–Trinajstić information content (AvgIpc) is 3.08. The van der Waals surface area contributed by atoms with Crippen LogP contribution >= 0.6 is 0 Å². The van der Waals surface area contributed by atoms with Crippen LogP contribution in [-0.2, 0) is 4.74 Å². The second-order valence-electron chi connectivity index (χ2n) is 5.37. The Balaban J connectivity index is 1.79. The molecule has 0 atom stereocenters. The summed E-state index contributed by atoms with van der Waals surface area (Å²) in [5.74, 6) is -0.351. The van der Waals surface area contributed by atoms with E-state index in [1.807, 2.05) is 24.4 Å². The van der Waals surface area contributed by atoms with E-state index in [9.17, 15) is 4.79 Å². The molecule has 1 N–H and O–H groups in total. The first-order valence-corrected chi connectivity index (χ1v) is 7.01. The third kappa shape index (κ3) is 2.01. The maximum atomic E-state index is 11.6. The highest BCUT2D eigenvalue weighted by atomic mass is 16.5. The van der Waals surface area contributed by atoms with Crippen molar-refractivity contribution in [1.29, 1.82) is 0 Å². The zero-order valence-corrected chi connectivity index (χ0v) is 11.7. The number of rotatable bonds is 3. The lowest BCUT2D eigenvalue weighted by atomic mass is 10.1. The van der Waals surface area contributed by atoms with Gasteiger partial charge in [-0.05, 0) is 31.0 Å². The lowest BCUT2D eigenvalue weighted by Gasteiger charge is -2.06. The van der Waals surface area contributed by atoms with Crippen molar-refractivity contribution >= 4 is 16.9 Å². The van der Waals surface area contributed by atoms with E-state index in [-0.39, 0.29) is 5.97 Å². The lowest BCUT2D eigenvalue weighted by Crippen LogP contribution is -2.00. The highest BCUT2D eigenvalue weighted by molar-refractivity contribution is 5.95. The molecule has 106 valence electrons. The Morgan fingerprint density at radius 2 is 2.19 bits per heavy atom. The van der Waals surface area contributed by atoms with E-state index in [0.29, 0.717) is 11.7 Å². The van der Waals surface area contributed by atoms with Crippen molar-refractivity contribution in [1.82, 2.24) is 14.8 Å². The van der Waals surface area contributed by atoms with Gasteiger partial charge in [-0.15, -0.1) is 0 Å². The minimum absolute atomic E-state index is 0.351. The number of aromatic nitrogens is 3. The van der Waals surface area contributed by atoms with Crippen LogP contribution in [0.25, 0.3) is 22.2 Å².